The molecule has 6 heteroatoms. The Labute approximate surface area is 159 Å². The second-order valence-electron chi connectivity index (χ2n) is 6.65. The van der Waals surface area contributed by atoms with E-state index in [1.165, 1.54) is 4.31 Å². The molecule has 4 rings (SSSR count). The topological polar surface area (TPSA) is 70.5 Å². The van der Waals surface area contributed by atoms with Crippen LogP contribution in [0.2, 0.25) is 0 Å². The molecule has 1 aliphatic rings. The van der Waals surface area contributed by atoms with Crippen LogP contribution in [0.25, 0.3) is 0 Å². The Hall–Kier alpha value is -2.54. The van der Waals surface area contributed by atoms with Crippen LogP contribution in [0.1, 0.15) is 22.8 Å². The van der Waals surface area contributed by atoms with Gasteiger partial charge in [-0.1, -0.05) is 54.6 Å². The molecule has 0 aliphatic carbocycles. The first kappa shape index (κ1) is 17.9. The summed E-state index contributed by atoms with van der Waals surface area (Å²) >= 11 is 0. The van der Waals surface area contributed by atoms with Crippen LogP contribution >= 0.6 is 0 Å². The molecule has 0 saturated carbocycles. The third-order valence-electron chi connectivity index (χ3n) is 4.91. The largest absolute Gasteiger partial charge is 0.387 e. The minimum absolute atomic E-state index is 0.166. The molecule has 2 atom stereocenters. The van der Waals surface area contributed by atoms with E-state index >= 15 is 0 Å². The van der Waals surface area contributed by atoms with Crippen molar-refractivity contribution in [1.82, 2.24) is 9.29 Å². The molecule has 0 radical (unpaired) electrons. The van der Waals surface area contributed by atoms with Gasteiger partial charge in [0.05, 0.1) is 17.0 Å². The average molecular weight is 380 g/mol. The van der Waals surface area contributed by atoms with E-state index in [9.17, 15) is 13.5 Å². The first-order valence-electron chi connectivity index (χ1n) is 8.79. The molecule has 0 bridgehead atoms. The summed E-state index contributed by atoms with van der Waals surface area (Å²) in [6.07, 6.45) is 2.83. The van der Waals surface area contributed by atoms with Crippen molar-refractivity contribution >= 4 is 10.0 Å². The van der Waals surface area contributed by atoms with Crippen molar-refractivity contribution in [3.8, 4) is 0 Å². The van der Waals surface area contributed by atoms with Crippen LogP contribution in [0.3, 0.4) is 0 Å². The molecular formula is C21H20N2O3S. The maximum atomic E-state index is 13.3. The number of fused-ring (bicyclic) bond motifs is 1. The maximum absolute atomic E-state index is 13.3. The van der Waals surface area contributed by atoms with E-state index in [2.05, 4.69) is 4.98 Å². The van der Waals surface area contributed by atoms with Crippen molar-refractivity contribution in [2.75, 3.05) is 0 Å². The molecule has 0 saturated heterocycles. The van der Waals surface area contributed by atoms with Crippen molar-refractivity contribution in [1.29, 1.82) is 0 Å². The van der Waals surface area contributed by atoms with Gasteiger partial charge >= 0.3 is 0 Å². The SMILES string of the molecule is O=S1(=O)c2ccccc2[C@@H](O)[C@@H](Cc2ccccc2)N1Cc1cccnc1. The summed E-state index contributed by atoms with van der Waals surface area (Å²) in [6.45, 7) is 0.166. The van der Waals surface area contributed by atoms with Gasteiger partial charge in [-0.15, -0.1) is 0 Å². The number of sulfonamides is 1. The van der Waals surface area contributed by atoms with Gasteiger partial charge in [0.1, 0.15) is 0 Å². The van der Waals surface area contributed by atoms with E-state index in [0.717, 1.165) is 11.1 Å². The zero-order valence-corrected chi connectivity index (χ0v) is 15.5. The Kier molecular flexibility index (Phi) is 4.78. The molecule has 0 amide bonds. The van der Waals surface area contributed by atoms with E-state index in [1.54, 1.807) is 42.7 Å². The maximum Gasteiger partial charge on any atom is 0.244 e. The first-order chi connectivity index (χ1) is 13.1. The molecule has 5 nitrogen and oxygen atoms in total. The summed E-state index contributed by atoms with van der Waals surface area (Å²) in [5, 5.41) is 11.0. The van der Waals surface area contributed by atoms with Gasteiger partial charge in [0.2, 0.25) is 10.0 Å². The smallest absolute Gasteiger partial charge is 0.244 e. The summed E-state index contributed by atoms with van der Waals surface area (Å²) in [5.41, 5.74) is 2.22. The van der Waals surface area contributed by atoms with Gasteiger partial charge in [0.15, 0.2) is 0 Å². The fraction of sp³-hybridized carbons (Fsp3) is 0.190. The zero-order valence-electron chi connectivity index (χ0n) is 14.6. The number of hydrogen-bond acceptors (Lipinski definition) is 4. The van der Waals surface area contributed by atoms with E-state index in [1.807, 2.05) is 36.4 Å². The van der Waals surface area contributed by atoms with E-state index in [4.69, 9.17) is 0 Å². The van der Waals surface area contributed by atoms with Gasteiger partial charge < -0.3 is 5.11 Å². The fourth-order valence-corrected chi connectivity index (χ4v) is 5.43. The van der Waals surface area contributed by atoms with Gasteiger partial charge in [-0.2, -0.15) is 4.31 Å². The van der Waals surface area contributed by atoms with Gasteiger partial charge in [-0.25, -0.2) is 8.42 Å². The second-order valence-corrected chi connectivity index (χ2v) is 8.51. The summed E-state index contributed by atoms with van der Waals surface area (Å²) in [7, 11) is -3.74. The lowest BCUT2D eigenvalue weighted by Crippen LogP contribution is -2.48. The molecule has 1 N–H and O–H groups in total. The molecule has 1 aromatic heterocycles. The van der Waals surface area contributed by atoms with E-state index in [-0.39, 0.29) is 11.4 Å². The molecule has 0 spiro atoms. The molecule has 0 unspecified atom stereocenters. The lowest BCUT2D eigenvalue weighted by atomic mass is 9.95. The number of rotatable bonds is 4. The van der Waals surface area contributed by atoms with Gasteiger partial charge in [-0.3, -0.25) is 4.98 Å². The molecule has 2 aromatic carbocycles. The van der Waals surface area contributed by atoms with E-state index in [0.29, 0.717) is 12.0 Å². The van der Waals surface area contributed by atoms with Crippen molar-refractivity contribution in [3.05, 3.63) is 95.8 Å². The molecular weight excluding hydrogens is 360 g/mol. The highest BCUT2D eigenvalue weighted by Crippen LogP contribution is 2.38. The molecule has 27 heavy (non-hydrogen) atoms. The normalized spacial score (nSPS) is 21.5. The molecule has 1 aliphatic heterocycles. The van der Waals surface area contributed by atoms with Crippen LogP contribution in [0, 0.1) is 0 Å². The Bertz CT molecular complexity index is 1020. The van der Waals surface area contributed by atoms with Gasteiger partial charge in [0.25, 0.3) is 0 Å². The van der Waals surface area contributed by atoms with Crippen LogP contribution in [-0.4, -0.2) is 28.9 Å². The monoisotopic (exact) mass is 380 g/mol. The lowest BCUT2D eigenvalue weighted by Gasteiger charge is -2.39. The Balaban J connectivity index is 1.80. The van der Waals surface area contributed by atoms with Crippen LogP contribution in [-0.2, 0) is 23.0 Å². The highest BCUT2D eigenvalue weighted by Gasteiger charge is 2.43. The highest BCUT2D eigenvalue weighted by molar-refractivity contribution is 7.89. The minimum atomic E-state index is -3.74. The number of pyridine rings is 1. The fourth-order valence-electron chi connectivity index (χ4n) is 3.57. The number of nitrogens with zero attached hydrogens (tertiary/aromatic N) is 2. The lowest BCUT2D eigenvalue weighted by molar-refractivity contribution is 0.0769. The second kappa shape index (κ2) is 7.23. The Morgan fingerprint density at radius 3 is 2.37 bits per heavy atom. The van der Waals surface area contributed by atoms with Crippen molar-refractivity contribution in [3.63, 3.8) is 0 Å². The standard InChI is InChI=1S/C21H20N2O3S/c24-21-18-10-4-5-11-20(18)27(25,26)23(15-17-9-6-12-22-14-17)19(21)13-16-7-2-1-3-8-16/h1-12,14,19,21,24H,13,15H2/t19-,21-/m1/s1. The quantitative estimate of drug-likeness (QED) is 0.756. The van der Waals surface area contributed by atoms with Crippen molar-refractivity contribution in [2.45, 2.75) is 30.0 Å². The molecule has 0 fully saturated rings. The Morgan fingerprint density at radius 1 is 0.926 bits per heavy atom. The molecule has 3 aromatic rings. The number of hydrogen-bond donors (Lipinski definition) is 1. The number of aromatic nitrogens is 1. The molecule has 138 valence electrons. The summed E-state index contributed by atoms with van der Waals surface area (Å²) < 4.78 is 28.1. The number of aliphatic hydroxyl groups excluding tert-OH is 1. The third kappa shape index (κ3) is 3.39. The van der Waals surface area contributed by atoms with Gasteiger partial charge in [-0.05, 0) is 29.7 Å². The predicted octanol–water partition coefficient (Wildman–Crippen LogP) is 2.93. The van der Waals surface area contributed by atoms with Gasteiger partial charge in [0, 0.05) is 24.5 Å². The van der Waals surface area contributed by atoms with Crippen LogP contribution in [0.4, 0.5) is 0 Å². The number of benzene rings is 2. The van der Waals surface area contributed by atoms with Crippen molar-refractivity contribution in [2.24, 2.45) is 0 Å². The first-order valence-corrected chi connectivity index (χ1v) is 10.2. The van der Waals surface area contributed by atoms with E-state index < -0.39 is 22.2 Å². The number of aliphatic hydroxyl groups is 1. The minimum Gasteiger partial charge on any atom is -0.387 e. The predicted molar refractivity (Wildman–Crippen MR) is 102 cm³/mol. The van der Waals surface area contributed by atoms with Crippen LogP contribution < -0.4 is 0 Å². The summed E-state index contributed by atoms with van der Waals surface area (Å²) in [5.74, 6) is 0. The molecule has 2 heterocycles. The van der Waals surface area contributed by atoms with Crippen LogP contribution in [0.5, 0.6) is 0 Å². The summed E-state index contributed by atoms with van der Waals surface area (Å²) in [4.78, 5) is 4.26. The third-order valence-corrected chi connectivity index (χ3v) is 6.85. The average Bonchev–Trinajstić information content (AvgIpc) is 2.71. The summed E-state index contributed by atoms with van der Waals surface area (Å²) in [6, 6.07) is 19.4. The van der Waals surface area contributed by atoms with Crippen molar-refractivity contribution < 1.29 is 13.5 Å². The highest BCUT2D eigenvalue weighted by atomic mass is 32.2. The Morgan fingerprint density at radius 2 is 1.63 bits per heavy atom. The van der Waals surface area contributed by atoms with Crippen LogP contribution in [0.15, 0.2) is 84.0 Å². The zero-order chi connectivity index (χ0) is 18.9.